The molecule has 1 aliphatic carbocycles. The summed E-state index contributed by atoms with van der Waals surface area (Å²) in [6, 6.07) is 13.6. The summed E-state index contributed by atoms with van der Waals surface area (Å²) in [6.45, 7) is 1.15. The van der Waals surface area contributed by atoms with Gasteiger partial charge in [-0.25, -0.2) is 4.39 Å². The van der Waals surface area contributed by atoms with E-state index < -0.39 is 0 Å². The molecule has 0 atom stereocenters. The van der Waals surface area contributed by atoms with E-state index in [2.05, 4.69) is 27.3 Å². The number of halogens is 2. The number of rotatable bonds is 6. The minimum absolute atomic E-state index is 0.216. The monoisotopic (exact) mass is 420 g/mol. The average Bonchev–Trinajstić information content (AvgIpc) is 2.61. The van der Waals surface area contributed by atoms with E-state index in [0.717, 1.165) is 22.3 Å². The van der Waals surface area contributed by atoms with Gasteiger partial charge in [0.2, 0.25) is 0 Å². The van der Waals surface area contributed by atoms with Crippen molar-refractivity contribution in [2.45, 2.75) is 64.1 Å². The molecule has 2 N–H and O–H groups in total. The van der Waals surface area contributed by atoms with Gasteiger partial charge in [-0.15, -0.1) is 0 Å². The number of hydrogen-bond acceptors (Lipinski definition) is 1. The summed E-state index contributed by atoms with van der Waals surface area (Å²) in [4.78, 5) is 0. The van der Waals surface area contributed by atoms with Gasteiger partial charge in [0, 0.05) is 15.6 Å². The zero-order valence-corrected chi connectivity index (χ0v) is 16.8. The van der Waals surface area contributed by atoms with E-state index in [1.165, 1.54) is 51.0 Å². The Morgan fingerprint density at radius 3 is 2.46 bits per heavy atom. The maximum absolute atomic E-state index is 13.8. The first-order chi connectivity index (χ1) is 12.7. The zero-order valence-electron chi connectivity index (χ0n) is 15.2. The summed E-state index contributed by atoms with van der Waals surface area (Å²) in [5, 5.41) is 2.46. The van der Waals surface area contributed by atoms with Crippen LogP contribution in [-0.4, -0.2) is 6.04 Å². The third-order valence-electron chi connectivity index (χ3n) is 5.18. The van der Waals surface area contributed by atoms with Crippen molar-refractivity contribution < 1.29 is 14.4 Å². The lowest BCUT2D eigenvalue weighted by atomic mass is 9.96. The molecular weight excluding hydrogens is 393 g/mol. The van der Waals surface area contributed by atoms with Crippen molar-refractivity contribution in [1.29, 1.82) is 0 Å². The Bertz CT molecular complexity index is 698. The molecule has 0 radical (unpaired) electrons. The highest BCUT2D eigenvalue weighted by Gasteiger charge is 2.16. The maximum Gasteiger partial charge on any atom is 0.129 e. The molecule has 3 rings (SSSR count). The van der Waals surface area contributed by atoms with Gasteiger partial charge in [-0.3, -0.25) is 0 Å². The Kier molecular flexibility index (Phi) is 7.51. The lowest BCUT2D eigenvalue weighted by molar-refractivity contribution is -0.706. The van der Waals surface area contributed by atoms with E-state index in [-0.39, 0.29) is 12.4 Å². The van der Waals surface area contributed by atoms with Crippen LogP contribution in [0.4, 0.5) is 4.39 Å². The second-order valence-electron chi connectivity index (χ2n) is 7.18. The molecule has 1 saturated carbocycles. The van der Waals surface area contributed by atoms with Gasteiger partial charge in [0.15, 0.2) is 0 Å². The Morgan fingerprint density at radius 1 is 0.962 bits per heavy atom. The molecule has 0 heterocycles. The fraction of sp³-hybridized carbons (Fsp3) is 0.455. The zero-order chi connectivity index (χ0) is 18.2. The summed E-state index contributed by atoms with van der Waals surface area (Å²) in [6.07, 6.45) is 9.44. The summed E-state index contributed by atoms with van der Waals surface area (Å²) < 4.78 is 20.8. The van der Waals surface area contributed by atoms with Crippen LogP contribution in [0.3, 0.4) is 0 Å². The Morgan fingerprint density at radius 2 is 1.69 bits per heavy atom. The highest BCUT2D eigenvalue weighted by molar-refractivity contribution is 9.10. The molecule has 1 fully saturated rings. The molecule has 0 amide bonds. The number of ether oxygens (including phenoxy) is 1. The molecular formula is C22H28BrFNO+. The number of nitrogens with two attached hydrogens (primary N) is 1. The molecule has 4 heteroatoms. The van der Waals surface area contributed by atoms with Gasteiger partial charge in [-0.2, -0.15) is 0 Å². The molecule has 0 spiro atoms. The quantitative estimate of drug-likeness (QED) is 0.669. The van der Waals surface area contributed by atoms with E-state index in [1.807, 2.05) is 18.2 Å². The van der Waals surface area contributed by atoms with Crippen LogP contribution in [0.15, 0.2) is 46.9 Å². The topological polar surface area (TPSA) is 25.8 Å². The number of benzene rings is 2. The van der Waals surface area contributed by atoms with Crippen LogP contribution in [0.1, 0.15) is 56.1 Å². The third kappa shape index (κ3) is 5.82. The third-order valence-corrected chi connectivity index (χ3v) is 5.68. The van der Waals surface area contributed by atoms with Crippen molar-refractivity contribution >= 4 is 15.9 Å². The minimum atomic E-state index is -0.216. The van der Waals surface area contributed by atoms with Crippen LogP contribution < -0.4 is 10.1 Å². The highest BCUT2D eigenvalue weighted by atomic mass is 79.9. The Hall–Kier alpha value is -1.39. The molecule has 2 aromatic rings. The smallest absolute Gasteiger partial charge is 0.129 e. The lowest BCUT2D eigenvalue weighted by Gasteiger charge is -2.19. The summed E-state index contributed by atoms with van der Waals surface area (Å²) in [5.74, 6) is 0.630. The molecule has 2 nitrogen and oxygen atoms in total. The van der Waals surface area contributed by atoms with Crippen LogP contribution in [-0.2, 0) is 13.2 Å². The van der Waals surface area contributed by atoms with Crippen molar-refractivity contribution in [2.75, 3.05) is 0 Å². The minimum Gasteiger partial charge on any atom is -0.488 e. The fourth-order valence-corrected chi connectivity index (χ4v) is 4.04. The normalized spacial score (nSPS) is 16.1. The van der Waals surface area contributed by atoms with Crippen LogP contribution in [0.25, 0.3) is 0 Å². The van der Waals surface area contributed by atoms with E-state index in [1.54, 1.807) is 12.1 Å². The van der Waals surface area contributed by atoms with E-state index >= 15 is 0 Å². The molecule has 0 bridgehead atoms. The summed E-state index contributed by atoms with van der Waals surface area (Å²) in [5.41, 5.74) is 1.75. The van der Waals surface area contributed by atoms with Crippen LogP contribution >= 0.6 is 15.9 Å². The molecule has 0 aliphatic heterocycles. The van der Waals surface area contributed by atoms with Crippen molar-refractivity contribution in [2.24, 2.45) is 0 Å². The molecule has 2 aromatic carbocycles. The summed E-state index contributed by atoms with van der Waals surface area (Å²) in [7, 11) is 0. The first-order valence-electron chi connectivity index (χ1n) is 9.70. The van der Waals surface area contributed by atoms with Gasteiger partial charge >= 0.3 is 0 Å². The predicted octanol–water partition coefficient (Wildman–Crippen LogP) is 5.34. The van der Waals surface area contributed by atoms with E-state index in [4.69, 9.17) is 4.74 Å². The van der Waals surface area contributed by atoms with Gasteiger partial charge in [0.1, 0.15) is 24.7 Å². The molecule has 0 unspecified atom stereocenters. The standard InChI is InChI=1S/C22H27BrFNO/c23-19-12-13-22(26-16-17-8-6-7-11-21(17)24)18(14-19)15-25-20-9-4-2-1-3-5-10-20/h6-8,11-14,20,25H,1-5,9-10,15-16H2/p+1. The van der Waals surface area contributed by atoms with Gasteiger partial charge in [-0.1, -0.05) is 53.4 Å². The molecule has 1 aliphatic rings. The second kappa shape index (κ2) is 10.1. The average molecular weight is 421 g/mol. The fourth-order valence-electron chi connectivity index (χ4n) is 3.64. The number of hydrogen-bond donors (Lipinski definition) is 1. The molecule has 0 saturated heterocycles. The van der Waals surface area contributed by atoms with Gasteiger partial charge in [0.25, 0.3) is 0 Å². The van der Waals surface area contributed by atoms with E-state index in [0.29, 0.717) is 11.6 Å². The number of quaternary nitrogens is 1. The predicted molar refractivity (Wildman–Crippen MR) is 107 cm³/mol. The molecule has 26 heavy (non-hydrogen) atoms. The van der Waals surface area contributed by atoms with Crippen molar-refractivity contribution in [3.05, 3.63) is 63.9 Å². The summed E-state index contributed by atoms with van der Waals surface area (Å²) >= 11 is 3.56. The van der Waals surface area contributed by atoms with Crippen molar-refractivity contribution in [3.63, 3.8) is 0 Å². The van der Waals surface area contributed by atoms with Crippen LogP contribution in [0.2, 0.25) is 0 Å². The van der Waals surface area contributed by atoms with Gasteiger partial charge < -0.3 is 10.1 Å². The largest absolute Gasteiger partial charge is 0.488 e. The second-order valence-corrected chi connectivity index (χ2v) is 8.09. The van der Waals surface area contributed by atoms with Gasteiger partial charge in [-0.05, 0) is 49.9 Å². The molecule has 0 aromatic heterocycles. The van der Waals surface area contributed by atoms with E-state index in [9.17, 15) is 4.39 Å². The molecule has 140 valence electrons. The Labute approximate surface area is 164 Å². The first kappa shape index (κ1) is 19.4. The SMILES string of the molecule is Fc1ccccc1COc1ccc(Br)cc1C[NH2+]C1CCCCCCC1. The maximum atomic E-state index is 13.8. The van der Waals surface area contributed by atoms with Crippen molar-refractivity contribution in [1.82, 2.24) is 0 Å². The highest BCUT2D eigenvalue weighted by Crippen LogP contribution is 2.24. The van der Waals surface area contributed by atoms with Crippen LogP contribution in [0.5, 0.6) is 5.75 Å². The van der Waals surface area contributed by atoms with Crippen molar-refractivity contribution in [3.8, 4) is 5.75 Å². The first-order valence-corrected chi connectivity index (χ1v) is 10.5. The van der Waals surface area contributed by atoms with Gasteiger partial charge in [0.05, 0.1) is 6.04 Å². The lowest BCUT2D eigenvalue weighted by Crippen LogP contribution is -2.88. The van der Waals surface area contributed by atoms with Crippen LogP contribution in [0, 0.1) is 5.82 Å². The Balaban J connectivity index is 1.62.